The highest BCUT2D eigenvalue weighted by molar-refractivity contribution is 6.05. The molecule has 0 radical (unpaired) electrons. The van der Waals surface area contributed by atoms with Gasteiger partial charge < -0.3 is 10.0 Å². The number of nitrogens with zero attached hydrogens (tertiary/aromatic N) is 2. The predicted octanol–water partition coefficient (Wildman–Crippen LogP) is 1.21. The Morgan fingerprint density at radius 2 is 1.94 bits per heavy atom. The molecule has 0 bridgehead atoms. The van der Waals surface area contributed by atoms with Crippen molar-refractivity contribution in [3.8, 4) is 0 Å². The fourth-order valence-electron chi connectivity index (χ4n) is 2.18. The number of aliphatic carboxylic acids is 1. The summed E-state index contributed by atoms with van der Waals surface area (Å²) in [4.78, 5) is 25.8. The molecule has 0 saturated carbocycles. The van der Waals surface area contributed by atoms with Gasteiger partial charge in [0.1, 0.15) is 0 Å². The molecule has 0 spiro atoms. The van der Waals surface area contributed by atoms with Gasteiger partial charge in [-0.25, -0.2) is 4.79 Å². The molecule has 0 aromatic heterocycles. The van der Waals surface area contributed by atoms with Crippen LogP contribution in [0.3, 0.4) is 0 Å². The number of benzene rings is 1. The SMILES string of the molecule is CC(=O)N1c2cc(C)ccc2N(C)C1C(=O)O. The van der Waals surface area contributed by atoms with Gasteiger partial charge >= 0.3 is 5.97 Å². The highest BCUT2D eigenvalue weighted by Crippen LogP contribution is 2.39. The Kier molecular flexibility index (Phi) is 2.53. The first-order chi connectivity index (χ1) is 7.93. The van der Waals surface area contributed by atoms with Gasteiger partial charge in [0, 0.05) is 14.0 Å². The van der Waals surface area contributed by atoms with E-state index in [4.69, 9.17) is 0 Å². The molecule has 1 N–H and O–H groups in total. The number of hydrogen-bond acceptors (Lipinski definition) is 3. The van der Waals surface area contributed by atoms with Gasteiger partial charge in [0.05, 0.1) is 11.4 Å². The second-order valence-electron chi connectivity index (χ2n) is 4.20. The lowest BCUT2D eigenvalue weighted by Gasteiger charge is -2.24. The van der Waals surface area contributed by atoms with Crippen LogP contribution in [0, 0.1) is 6.92 Å². The van der Waals surface area contributed by atoms with E-state index in [9.17, 15) is 14.7 Å². The smallest absolute Gasteiger partial charge is 0.347 e. The molecule has 5 heteroatoms. The minimum atomic E-state index is -1.03. The lowest BCUT2D eigenvalue weighted by atomic mass is 10.2. The number of rotatable bonds is 1. The van der Waals surface area contributed by atoms with E-state index in [0.717, 1.165) is 11.3 Å². The molecule has 90 valence electrons. The van der Waals surface area contributed by atoms with Crippen molar-refractivity contribution in [1.29, 1.82) is 0 Å². The topological polar surface area (TPSA) is 60.9 Å². The zero-order valence-corrected chi connectivity index (χ0v) is 9.97. The van der Waals surface area contributed by atoms with E-state index in [1.165, 1.54) is 11.8 Å². The van der Waals surface area contributed by atoms with Crippen molar-refractivity contribution >= 4 is 23.3 Å². The number of fused-ring (bicyclic) bond motifs is 1. The summed E-state index contributed by atoms with van der Waals surface area (Å²) >= 11 is 0. The number of anilines is 2. The van der Waals surface area contributed by atoms with Crippen LogP contribution in [0.15, 0.2) is 18.2 Å². The van der Waals surface area contributed by atoms with Gasteiger partial charge in [0.15, 0.2) is 0 Å². The second-order valence-corrected chi connectivity index (χ2v) is 4.20. The summed E-state index contributed by atoms with van der Waals surface area (Å²) < 4.78 is 0. The van der Waals surface area contributed by atoms with E-state index >= 15 is 0 Å². The fourth-order valence-corrected chi connectivity index (χ4v) is 2.18. The van der Waals surface area contributed by atoms with Crippen LogP contribution in [0.5, 0.6) is 0 Å². The lowest BCUT2D eigenvalue weighted by Crippen LogP contribution is -2.49. The summed E-state index contributed by atoms with van der Waals surface area (Å²) in [6.45, 7) is 3.29. The number of likely N-dealkylation sites (N-methyl/N-ethyl adjacent to an activating group) is 1. The molecule has 17 heavy (non-hydrogen) atoms. The van der Waals surface area contributed by atoms with E-state index in [2.05, 4.69) is 0 Å². The Hall–Kier alpha value is -2.04. The number of carbonyl (C=O) groups excluding carboxylic acids is 1. The fraction of sp³-hybridized carbons (Fsp3) is 0.333. The van der Waals surface area contributed by atoms with Gasteiger partial charge in [-0.15, -0.1) is 0 Å². The molecular weight excluding hydrogens is 220 g/mol. The van der Waals surface area contributed by atoms with Crippen molar-refractivity contribution in [3.05, 3.63) is 23.8 Å². The highest BCUT2D eigenvalue weighted by Gasteiger charge is 2.40. The Morgan fingerprint density at radius 3 is 2.47 bits per heavy atom. The quantitative estimate of drug-likeness (QED) is 0.793. The maximum absolute atomic E-state index is 11.6. The van der Waals surface area contributed by atoms with Crippen molar-refractivity contribution < 1.29 is 14.7 Å². The van der Waals surface area contributed by atoms with E-state index in [0.29, 0.717) is 5.69 Å². The highest BCUT2D eigenvalue weighted by atomic mass is 16.4. The number of amides is 1. The summed E-state index contributed by atoms with van der Waals surface area (Å²) in [5.41, 5.74) is 2.42. The standard InChI is InChI=1S/C12H14N2O3/c1-7-4-5-9-10(6-7)14(8(2)15)11(12(16)17)13(9)3/h4-6,11H,1-3H3,(H,16,17). The van der Waals surface area contributed by atoms with Crippen molar-refractivity contribution in [2.45, 2.75) is 20.0 Å². The molecule has 1 aliphatic rings. The zero-order chi connectivity index (χ0) is 12.7. The third-order valence-corrected chi connectivity index (χ3v) is 2.94. The van der Waals surface area contributed by atoms with Crippen LogP contribution in [-0.4, -0.2) is 30.2 Å². The zero-order valence-electron chi connectivity index (χ0n) is 9.97. The van der Waals surface area contributed by atoms with Crippen LogP contribution < -0.4 is 9.80 Å². The number of carboxylic acids is 1. The van der Waals surface area contributed by atoms with Gasteiger partial charge in [-0.2, -0.15) is 0 Å². The average Bonchev–Trinajstić information content (AvgIpc) is 2.51. The number of aryl methyl sites for hydroxylation is 1. The molecule has 1 aromatic rings. The third kappa shape index (κ3) is 1.63. The lowest BCUT2D eigenvalue weighted by molar-refractivity contribution is -0.139. The number of carboxylic acid groups (broad SMARTS) is 1. The van der Waals surface area contributed by atoms with E-state index in [-0.39, 0.29) is 5.91 Å². The average molecular weight is 234 g/mol. The molecule has 0 aliphatic carbocycles. The molecule has 1 unspecified atom stereocenters. The molecule has 2 rings (SSSR count). The van der Waals surface area contributed by atoms with Gasteiger partial charge in [0.2, 0.25) is 12.1 Å². The molecule has 1 aromatic carbocycles. The Labute approximate surface area is 99.3 Å². The van der Waals surface area contributed by atoms with Crippen molar-refractivity contribution in [2.75, 3.05) is 16.8 Å². The van der Waals surface area contributed by atoms with Crippen LogP contribution in [-0.2, 0) is 9.59 Å². The van der Waals surface area contributed by atoms with E-state index in [1.54, 1.807) is 11.9 Å². The van der Waals surface area contributed by atoms with E-state index < -0.39 is 12.1 Å². The normalized spacial score (nSPS) is 18.2. The van der Waals surface area contributed by atoms with Crippen molar-refractivity contribution in [2.24, 2.45) is 0 Å². The molecule has 1 aliphatic heterocycles. The third-order valence-electron chi connectivity index (χ3n) is 2.94. The van der Waals surface area contributed by atoms with E-state index in [1.807, 2.05) is 25.1 Å². The predicted molar refractivity (Wildman–Crippen MR) is 64.2 cm³/mol. The molecule has 1 heterocycles. The molecule has 1 amide bonds. The van der Waals surface area contributed by atoms with Crippen LogP contribution in [0.4, 0.5) is 11.4 Å². The summed E-state index contributed by atoms with van der Waals surface area (Å²) in [6, 6.07) is 5.57. The number of carbonyl (C=O) groups is 2. The second kappa shape index (κ2) is 3.76. The largest absolute Gasteiger partial charge is 0.478 e. The number of hydrogen-bond donors (Lipinski definition) is 1. The Balaban J connectivity index is 2.59. The summed E-state index contributed by atoms with van der Waals surface area (Å²) in [5, 5.41) is 9.21. The van der Waals surface area contributed by atoms with Crippen LogP contribution in [0.25, 0.3) is 0 Å². The van der Waals surface area contributed by atoms with Gasteiger partial charge in [-0.1, -0.05) is 6.07 Å². The Morgan fingerprint density at radius 1 is 1.29 bits per heavy atom. The van der Waals surface area contributed by atoms with Crippen molar-refractivity contribution in [1.82, 2.24) is 0 Å². The van der Waals surface area contributed by atoms with Crippen LogP contribution in [0.1, 0.15) is 12.5 Å². The maximum Gasteiger partial charge on any atom is 0.347 e. The Bertz CT molecular complexity index is 499. The summed E-state index contributed by atoms with van der Waals surface area (Å²) in [7, 11) is 1.68. The van der Waals surface area contributed by atoms with Gasteiger partial charge in [-0.05, 0) is 24.6 Å². The molecule has 0 saturated heterocycles. The van der Waals surface area contributed by atoms with Crippen LogP contribution >= 0.6 is 0 Å². The van der Waals surface area contributed by atoms with Crippen molar-refractivity contribution in [3.63, 3.8) is 0 Å². The molecule has 0 fully saturated rings. The minimum Gasteiger partial charge on any atom is -0.478 e. The molecular formula is C12H14N2O3. The first kappa shape index (κ1) is 11.4. The molecule has 1 atom stereocenters. The van der Waals surface area contributed by atoms with Gasteiger partial charge in [0.25, 0.3) is 0 Å². The molecule has 5 nitrogen and oxygen atoms in total. The minimum absolute atomic E-state index is 0.270. The van der Waals surface area contributed by atoms with Gasteiger partial charge in [-0.3, -0.25) is 9.69 Å². The summed E-state index contributed by atoms with van der Waals surface area (Å²) in [6.07, 6.45) is -0.954. The summed E-state index contributed by atoms with van der Waals surface area (Å²) in [5.74, 6) is -1.30. The monoisotopic (exact) mass is 234 g/mol. The maximum atomic E-state index is 11.6. The van der Waals surface area contributed by atoms with Crippen LogP contribution in [0.2, 0.25) is 0 Å². The first-order valence-electron chi connectivity index (χ1n) is 5.29. The first-order valence-corrected chi connectivity index (χ1v) is 5.29.